The summed E-state index contributed by atoms with van der Waals surface area (Å²) in [6, 6.07) is 44.2. The van der Waals surface area contributed by atoms with Gasteiger partial charge >= 0.3 is 23.8 Å². The summed E-state index contributed by atoms with van der Waals surface area (Å²) in [5, 5.41) is 1.93. The molecule has 2 aliphatic carbocycles. The van der Waals surface area contributed by atoms with Gasteiger partial charge in [-0.2, -0.15) is 0 Å². The molecule has 0 saturated carbocycles. The molecule has 8 aromatic rings. The minimum Gasteiger partial charge on any atom is -0.460 e. The Kier molecular flexibility index (Phi) is 13.8. The van der Waals surface area contributed by atoms with Crippen LogP contribution in [0.3, 0.4) is 0 Å². The molecule has 0 radical (unpaired) electrons. The molecule has 0 saturated heterocycles. The Morgan fingerprint density at radius 1 is 0.534 bits per heavy atom. The first kappa shape index (κ1) is 48.7. The number of fused-ring (bicyclic) bond motifs is 8. The van der Waals surface area contributed by atoms with Crippen molar-refractivity contribution in [1.29, 1.82) is 0 Å². The van der Waals surface area contributed by atoms with E-state index in [2.05, 4.69) is 57.3 Å². The Morgan fingerprint density at radius 3 is 1.38 bits per heavy atom. The fourth-order valence-corrected chi connectivity index (χ4v) is 12.2. The van der Waals surface area contributed by atoms with Crippen LogP contribution in [-0.2, 0) is 58.0 Å². The largest absolute Gasteiger partial charge is 0.460 e. The number of hydrogen-bond acceptors (Lipinski definition) is 8. The summed E-state index contributed by atoms with van der Waals surface area (Å²) in [6.07, 6.45) is 7.90. The van der Waals surface area contributed by atoms with Crippen LogP contribution in [0.4, 0.5) is 5.69 Å². The topological polar surface area (TPSA) is 116 Å². The average molecular weight is 1190 g/mol. The fourth-order valence-electron chi connectivity index (χ4n) is 10.7. The summed E-state index contributed by atoms with van der Waals surface area (Å²) in [4.78, 5) is 59.0. The number of aryl methyl sites for hydroxylation is 4. The number of rotatable bonds is 11. The SMILES string of the molecule is C[C@H](C(=O)OCc1cccc(-c2cccc(-c3cccc(COC(=O)[C@@H](C)c4ccccc4)c3)c2N2C(=O)c3oc4c(I)cc5c(c4c4c6c(cc(I)c4oc3C2=O)CCCC6)CCCC5)c1)c1ccccc1. The molecule has 2 atom stereocenters. The number of para-hydroxylation sites is 1. The number of benzene rings is 7. The number of halogens is 2. The second-order valence-corrected chi connectivity index (χ2v) is 21.5. The number of nitrogens with zero attached hydrogens (tertiary/aromatic N) is 1. The Bertz CT molecular complexity index is 3350. The van der Waals surface area contributed by atoms with E-state index in [1.807, 2.05) is 141 Å². The zero-order valence-corrected chi connectivity index (χ0v) is 44.8. The monoisotopic (exact) mass is 1190 g/mol. The molecule has 11 rings (SSSR count). The normalized spacial score (nSPS) is 14.8. The summed E-state index contributed by atoms with van der Waals surface area (Å²) in [6.45, 7) is 3.66. The van der Waals surface area contributed by atoms with Gasteiger partial charge in [-0.1, -0.05) is 115 Å². The van der Waals surface area contributed by atoms with Crippen LogP contribution in [-0.4, -0.2) is 23.8 Å². The zero-order valence-electron chi connectivity index (χ0n) is 40.5. The molecule has 0 unspecified atom stereocenters. The lowest BCUT2D eigenvalue weighted by atomic mass is 9.84. The van der Waals surface area contributed by atoms with E-state index in [0.29, 0.717) is 39.1 Å². The predicted octanol–water partition coefficient (Wildman–Crippen LogP) is 15.1. The molecule has 2 heterocycles. The highest BCUT2D eigenvalue weighted by atomic mass is 127. The number of imide groups is 1. The first-order valence-electron chi connectivity index (χ1n) is 25.0. The van der Waals surface area contributed by atoms with Gasteiger partial charge < -0.3 is 18.3 Å². The molecule has 0 spiro atoms. The maximum absolute atomic E-state index is 15.6. The van der Waals surface area contributed by atoms with Gasteiger partial charge in [0.1, 0.15) is 24.4 Å². The highest BCUT2D eigenvalue weighted by molar-refractivity contribution is 14.1. The summed E-state index contributed by atoms with van der Waals surface area (Å²) < 4.78 is 27.4. The molecular formula is C62H51I2NO8. The molecule has 1 aliphatic heterocycles. The van der Waals surface area contributed by atoms with Gasteiger partial charge in [0.25, 0.3) is 0 Å². The number of amides is 2. The molecule has 0 bridgehead atoms. The van der Waals surface area contributed by atoms with Crippen LogP contribution in [0.5, 0.6) is 0 Å². The van der Waals surface area contributed by atoms with Crippen molar-refractivity contribution in [3.05, 3.63) is 203 Å². The second kappa shape index (κ2) is 20.7. The summed E-state index contributed by atoms with van der Waals surface area (Å²) >= 11 is 4.66. The number of carbonyl (C=O) groups excluding carboxylic acids is 4. The van der Waals surface area contributed by atoms with Crippen LogP contribution >= 0.6 is 45.2 Å². The van der Waals surface area contributed by atoms with Crippen LogP contribution < -0.4 is 4.90 Å². The van der Waals surface area contributed by atoms with Gasteiger partial charge in [0.2, 0.25) is 11.5 Å². The molecule has 9 nitrogen and oxygen atoms in total. The van der Waals surface area contributed by atoms with Crippen molar-refractivity contribution >= 4 is 96.6 Å². The lowest BCUT2D eigenvalue weighted by Gasteiger charge is -2.23. The van der Waals surface area contributed by atoms with Crippen LogP contribution in [0, 0.1) is 7.14 Å². The van der Waals surface area contributed by atoms with Crippen LogP contribution in [0.1, 0.15) is 117 Å². The molecule has 2 amide bonds. The van der Waals surface area contributed by atoms with Crippen molar-refractivity contribution < 1.29 is 37.5 Å². The summed E-state index contributed by atoms with van der Waals surface area (Å²) in [5.74, 6) is -3.33. The molecule has 1 aromatic heterocycles. The van der Waals surface area contributed by atoms with Crippen molar-refractivity contribution in [3.8, 4) is 22.3 Å². The molecule has 0 N–H and O–H groups in total. The third-order valence-electron chi connectivity index (χ3n) is 14.6. The molecule has 3 aliphatic rings. The smallest absolute Gasteiger partial charge is 0.313 e. The average Bonchev–Trinajstić information content (AvgIpc) is 3.64. The van der Waals surface area contributed by atoms with E-state index in [1.54, 1.807) is 0 Å². The minimum absolute atomic E-state index is 0.00509. The van der Waals surface area contributed by atoms with E-state index >= 15 is 9.59 Å². The maximum atomic E-state index is 15.6. The zero-order chi connectivity index (χ0) is 50.3. The Hall–Kier alpha value is -6.58. The lowest BCUT2D eigenvalue weighted by molar-refractivity contribution is -0.147. The van der Waals surface area contributed by atoms with E-state index in [9.17, 15) is 9.59 Å². The third-order valence-corrected chi connectivity index (χ3v) is 16.2. The molecule has 7 aromatic carbocycles. The number of ether oxygens (including phenoxy) is 2. The van der Waals surface area contributed by atoms with Crippen LogP contribution in [0.2, 0.25) is 0 Å². The quantitative estimate of drug-likeness (QED) is 0.0714. The standard InChI is InChI=1S/C62H51I2NO8/c1-36(40-18-5-3-6-19-40)61(68)70-34-38-16-13-24-42(30-38)48-28-15-29-49(43-25-14-17-39(31-43)35-71-62(69)37(2)41-20-7-4-8-21-41)54(48)65-59(66)57-58(60(65)67)73-56-51(64)33-45-23-10-12-27-47(45)53(56)52-46-26-11-9-22-44(46)32-50(63)55(52)72-57/h3-8,13-21,24-25,28-33,36-37H,9-12,22-23,26-27,34-35H2,1-2H3/t36-,37-/m0/s1. The van der Waals surface area contributed by atoms with E-state index in [4.69, 9.17) is 18.3 Å². The van der Waals surface area contributed by atoms with E-state index in [-0.39, 0.29) is 36.7 Å². The van der Waals surface area contributed by atoms with Crippen molar-refractivity contribution in [1.82, 2.24) is 0 Å². The maximum Gasteiger partial charge on any atom is 0.313 e. The lowest BCUT2D eigenvalue weighted by Crippen LogP contribution is -2.30. The molecule has 0 fully saturated rings. The van der Waals surface area contributed by atoms with E-state index in [1.165, 1.54) is 27.2 Å². The van der Waals surface area contributed by atoms with Crippen molar-refractivity contribution in [2.45, 2.75) is 90.3 Å². The van der Waals surface area contributed by atoms with Crippen molar-refractivity contribution in [3.63, 3.8) is 0 Å². The molecule has 73 heavy (non-hydrogen) atoms. The van der Waals surface area contributed by atoms with Crippen LogP contribution in [0.15, 0.2) is 148 Å². The van der Waals surface area contributed by atoms with Gasteiger partial charge in [-0.15, -0.1) is 0 Å². The Balaban J connectivity index is 1.06. The number of anilines is 1. The van der Waals surface area contributed by atoms with E-state index in [0.717, 1.165) is 91.5 Å². The van der Waals surface area contributed by atoms with Gasteiger partial charge in [-0.3, -0.25) is 19.2 Å². The van der Waals surface area contributed by atoms with Crippen LogP contribution in [0.25, 0.3) is 44.2 Å². The number of esters is 2. The van der Waals surface area contributed by atoms with Gasteiger partial charge in [-0.25, -0.2) is 4.90 Å². The number of hydrogen-bond donors (Lipinski definition) is 0. The highest BCUT2D eigenvalue weighted by Crippen LogP contribution is 2.46. The summed E-state index contributed by atoms with van der Waals surface area (Å²) in [7, 11) is 0. The highest BCUT2D eigenvalue weighted by Gasteiger charge is 2.44. The second-order valence-electron chi connectivity index (χ2n) is 19.2. The van der Waals surface area contributed by atoms with Gasteiger partial charge in [0, 0.05) is 21.9 Å². The first-order valence-corrected chi connectivity index (χ1v) is 27.1. The number of carbonyl (C=O) groups is 4. The Morgan fingerprint density at radius 2 is 0.945 bits per heavy atom. The third kappa shape index (κ3) is 9.39. The molecule has 366 valence electrons. The van der Waals surface area contributed by atoms with Gasteiger partial charge in [-0.05, 0) is 190 Å². The van der Waals surface area contributed by atoms with Gasteiger partial charge in [0.15, 0.2) is 0 Å². The van der Waals surface area contributed by atoms with Crippen molar-refractivity contribution in [2.24, 2.45) is 0 Å². The minimum atomic E-state index is -0.662. The van der Waals surface area contributed by atoms with Gasteiger partial charge in [0.05, 0.1) is 24.7 Å². The van der Waals surface area contributed by atoms with Crippen molar-refractivity contribution in [2.75, 3.05) is 4.90 Å². The molecule has 11 heteroatoms. The van der Waals surface area contributed by atoms with E-state index < -0.39 is 23.7 Å². The fraction of sp³-hybridized carbons (Fsp3) is 0.226. The molecular weight excluding hydrogens is 1140 g/mol. The Labute approximate surface area is 450 Å². The summed E-state index contributed by atoms with van der Waals surface area (Å²) in [5.41, 5.74) is 12.1. The first-order chi connectivity index (χ1) is 35.5. The predicted molar refractivity (Wildman–Crippen MR) is 300 cm³/mol.